The second-order valence-electron chi connectivity index (χ2n) is 4.00. The van der Waals surface area contributed by atoms with Crippen LogP contribution in [0, 0.1) is 0 Å². The fourth-order valence-corrected chi connectivity index (χ4v) is 1.85. The van der Waals surface area contributed by atoms with Gasteiger partial charge in [0.2, 0.25) is 0 Å². The predicted molar refractivity (Wildman–Crippen MR) is 70.0 cm³/mol. The Balaban J connectivity index is 2.11. The molecule has 0 spiro atoms. The van der Waals surface area contributed by atoms with E-state index in [9.17, 15) is 0 Å². The van der Waals surface area contributed by atoms with E-state index < -0.39 is 0 Å². The van der Waals surface area contributed by atoms with Crippen LogP contribution >= 0.6 is 0 Å². The molecule has 0 unspecified atom stereocenters. The Hall–Kier alpha value is -2.17. The molecular weight excluding hydrogens is 230 g/mol. The number of nitrogens with zero attached hydrogens (tertiary/aromatic N) is 1. The molecule has 5 nitrogen and oxygen atoms in total. The van der Waals surface area contributed by atoms with Gasteiger partial charge in [0.05, 0.1) is 14.2 Å². The molecule has 0 saturated carbocycles. The number of hydrogen-bond acceptors (Lipinski definition) is 4. The number of H-pyrrole nitrogens is 1. The summed E-state index contributed by atoms with van der Waals surface area (Å²) in [6.45, 7) is 0. The highest BCUT2D eigenvalue weighted by molar-refractivity contribution is 5.41. The van der Waals surface area contributed by atoms with Crippen LogP contribution in [0.3, 0.4) is 0 Å². The van der Waals surface area contributed by atoms with Gasteiger partial charge in [0.1, 0.15) is 17.3 Å². The van der Waals surface area contributed by atoms with E-state index in [0.717, 1.165) is 35.6 Å². The molecule has 0 bridgehead atoms. The number of benzene rings is 1. The minimum atomic E-state index is 0.516. The van der Waals surface area contributed by atoms with Gasteiger partial charge in [-0.15, -0.1) is 0 Å². The van der Waals surface area contributed by atoms with Crippen LogP contribution in [0.4, 0.5) is 5.82 Å². The van der Waals surface area contributed by atoms with Crippen molar-refractivity contribution >= 4 is 5.82 Å². The van der Waals surface area contributed by atoms with Crippen LogP contribution in [-0.4, -0.2) is 24.4 Å². The molecule has 0 fully saturated rings. The fourth-order valence-electron chi connectivity index (χ4n) is 1.85. The van der Waals surface area contributed by atoms with Gasteiger partial charge in [-0.3, -0.25) is 5.10 Å². The first kappa shape index (κ1) is 12.3. The van der Waals surface area contributed by atoms with Crippen LogP contribution in [0.1, 0.15) is 11.3 Å². The van der Waals surface area contributed by atoms with Gasteiger partial charge in [-0.05, 0) is 36.6 Å². The van der Waals surface area contributed by atoms with Gasteiger partial charge < -0.3 is 15.2 Å². The molecular formula is C13H17N3O2. The normalized spacial score (nSPS) is 10.3. The Kier molecular flexibility index (Phi) is 3.72. The summed E-state index contributed by atoms with van der Waals surface area (Å²) < 4.78 is 10.5. The number of aryl methyl sites for hydroxylation is 2. The lowest BCUT2D eigenvalue weighted by Crippen LogP contribution is -1.97. The minimum Gasteiger partial charge on any atom is -0.497 e. The van der Waals surface area contributed by atoms with Crippen molar-refractivity contribution in [2.24, 2.45) is 0 Å². The zero-order valence-electron chi connectivity index (χ0n) is 10.6. The third-order valence-corrected chi connectivity index (χ3v) is 2.80. The molecule has 0 saturated heterocycles. The summed E-state index contributed by atoms with van der Waals surface area (Å²) in [4.78, 5) is 0. The van der Waals surface area contributed by atoms with Crippen LogP contribution in [0.2, 0.25) is 0 Å². The molecule has 1 aromatic carbocycles. The molecule has 1 aromatic heterocycles. The first-order valence-electron chi connectivity index (χ1n) is 5.73. The second kappa shape index (κ2) is 5.44. The summed E-state index contributed by atoms with van der Waals surface area (Å²) in [7, 11) is 3.32. The van der Waals surface area contributed by atoms with Gasteiger partial charge >= 0.3 is 0 Å². The zero-order chi connectivity index (χ0) is 13.0. The van der Waals surface area contributed by atoms with E-state index >= 15 is 0 Å². The van der Waals surface area contributed by atoms with Gasteiger partial charge in [0.15, 0.2) is 0 Å². The summed E-state index contributed by atoms with van der Waals surface area (Å²) >= 11 is 0. The molecule has 2 rings (SSSR count). The summed E-state index contributed by atoms with van der Waals surface area (Å²) in [5.74, 6) is 2.21. The van der Waals surface area contributed by atoms with Crippen LogP contribution in [0.25, 0.3) is 0 Å². The van der Waals surface area contributed by atoms with Crippen molar-refractivity contribution in [3.8, 4) is 11.5 Å². The molecule has 0 aliphatic heterocycles. The molecule has 0 aliphatic carbocycles. The quantitative estimate of drug-likeness (QED) is 0.845. The zero-order valence-corrected chi connectivity index (χ0v) is 10.6. The summed E-state index contributed by atoms with van der Waals surface area (Å²) in [5.41, 5.74) is 7.68. The van der Waals surface area contributed by atoms with E-state index in [1.54, 1.807) is 14.2 Å². The van der Waals surface area contributed by atoms with E-state index in [2.05, 4.69) is 10.2 Å². The van der Waals surface area contributed by atoms with E-state index in [4.69, 9.17) is 15.2 Å². The van der Waals surface area contributed by atoms with E-state index in [1.165, 1.54) is 0 Å². The third-order valence-electron chi connectivity index (χ3n) is 2.80. The average molecular weight is 247 g/mol. The lowest BCUT2D eigenvalue weighted by atomic mass is 10.1. The minimum absolute atomic E-state index is 0.516. The maximum Gasteiger partial charge on any atom is 0.145 e. The van der Waals surface area contributed by atoms with Crippen LogP contribution in [-0.2, 0) is 12.8 Å². The number of nitrogen functional groups attached to an aromatic ring is 1. The first-order valence-corrected chi connectivity index (χ1v) is 5.73. The Labute approximate surface area is 106 Å². The number of aromatic amines is 1. The number of nitrogens with two attached hydrogens (primary N) is 1. The van der Waals surface area contributed by atoms with Gasteiger partial charge in [0.25, 0.3) is 0 Å². The molecule has 2 aromatic rings. The van der Waals surface area contributed by atoms with Crippen molar-refractivity contribution in [2.45, 2.75) is 12.8 Å². The third kappa shape index (κ3) is 2.74. The summed E-state index contributed by atoms with van der Waals surface area (Å²) in [6.07, 6.45) is 1.66. The van der Waals surface area contributed by atoms with Gasteiger partial charge in [-0.1, -0.05) is 0 Å². The van der Waals surface area contributed by atoms with E-state index in [-0.39, 0.29) is 0 Å². The standard InChI is InChI=1S/C13H17N3O2/c1-17-11-5-6-12(18-2)9(7-11)3-4-10-8-13(14)16-15-10/h5-8H,3-4H2,1-2H3,(H3,14,15,16). The van der Waals surface area contributed by atoms with Crippen molar-refractivity contribution in [3.63, 3.8) is 0 Å². The second-order valence-corrected chi connectivity index (χ2v) is 4.00. The van der Waals surface area contributed by atoms with Crippen molar-refractivity contribution in [1.82, 2.24) is 10.2 Å². The Bertz CT molecular complexity index is 523. The SMILES string of the molecule is COc1ccc(OC)c(CCc2cc(N)n[nH]2)c1. The van der Waals surface area contributed by atoms with Crippen molar-refractivity contribution in [1.29, 1.82) is 0 Å². The largest absolute Gasteiger partial charge is 0.497 e. The van der Waals surface area contributed by atoms with Gasteiger partial charge in [0, 0.05) is 11.8 Å². The molecule has 18 heavy (non-hydrogen) atoms. The lowest BCUT2D eigenvalue weighted by molar-refractivity contribution is 0.398. The van der Waals surface area contributed by atoms with Gasteiger partial charge in [-0.2, -0.15) is 5.10 Å². The smallest absolute Gasteiger partial charge is 0.145 e. The highest BCUT2D eigenvalue weighted by atomic mass is 16.5. The summed E-state index contributed by atoms with van der Waals surface area (Å²) in [5, 5.41) is 6.80. The number of anilines is 1. The molecule has 0 amide bonds. The highest BCUT2D eigenvalue weighted by Crippen LogP contribution is 2.25. The highest BCUT2D eigenvalue weighted by Gasteiger charge is 2.06. The van der Waals surface area contributed by atoms with Crippen molar-refractivity contribution < 1.29 is 9.47 Å². The molecule has 3 N–H and O–H groups in total. The Morgan fingerprint density at radius 2 is 2.00 bits per heavy atom. The molecule has 1 heterocycles. The molecule has 96 valence electrons. The predicted octanol–water partition coefficient (Wildman–Crippen LogP) is 1.79. The maximum atomic E-state index is 5.56. The molecule has 0 aliphatic rings. The lowest BCUT2D eigenvalue weighted by Gasteiger charge is -2.09. The van der Waals surface area contributed by atoms with Crippen molar-refractivity contribution in [3.05, 3.63) is 35.5 Å². The monoisotopic (exact) mass is 247 g/mol. The van der Waals surface area contributed by atoms with Crippen LogP contribution in [0.5, 0.6) is 11.5 Å². The Morgan fingerprint density at radius 1 is 1.17 bits per heavy atom. The average Bonchev–Trinajstić information content (AvgIpc) is 2.81. The number of aromatic nitrogens is 2. The number of ether oxygens (including phenoxy) is 2. The first-order chi connectivity index (χ1) is 8.72. The number of hydrogen-bond donors (Lipinski definition) is 2. The number of nitrogens with one attached hydrogen (secondary N) is 1. The summed E-state index contributed by atoms with van der Waals surface area (Å²) in [6, 6.07) is 7.62. The number of methoxy groups -OCH3 is 2. The molecule has 5 heteroatoms. The topological polar surface area (TPSA) is 73.2 Å². The van der Waals surface area contributed by atoms with E-state index in [1.807, 2.05) is 24.3 Å². The van der Waals surface area contributed by atoms with Crippen LogP contribution in [0.15, 0.2) is 24.3 Å². The molecule has 0 radical (unpaired) electrons. The van der Waals surface area contributed by atoms with Gasteiger partial charge in [-0.25, -0.2) is 0 Å². The number of rotatable bonds is 5. The van der Waals surface area contributed by atoms with E-state index in [0.29, 0.717) is 5.82 Å². The molecule has 0 atom stereocenters. The van der Waals surface area contributed by atoms with Crippen molar-refractivity contribution in [2.75, 3.05) is 20.0 Å². The Morgan fingerprint density at radius 3 is 2.61 bits per heavy atom. The van der Waals surface area contributed by atoms with Crippen LogP contribution < -0.4 is 15.2 Å². The maximum absolute atomic E-state index is 5.56. The fraction of sp³-hybridized carbons (Fsp3) is 0.308.